The Labute approximate surface area is 292 Å². The number of hydrogen-bond acceptors (Lipinski definition) is 1. The summed E-state index contributed by atoms with van der Waals surface area (Å²) in [6.07, 6.45) is 0. The molecule has 0 unspecified atom stereocenters. The minimum Gasteiger partial charge on any atom is -0.458 e. The van der Waals surface area contributed by atoms with E-state index in [1.165, 1.54) is 76.5 Å². The van der Waals surface area contributed by atoms with Crippen LogP contribution in [0.1, 0.15) is 0 Å². The molecule has 0 fully saturated rings. The van der Waals surface area contributed by atoms with Crippen LogP contribution < -0.4 is 21.1 Å². The maximum Gasteiger partial charge on any atom is 0.250 e. The minimum atomic E-state index is 0.130. The second-order valence-electron chi connectivity index (χ2n) is 13.2. The average molecular weight is 635 g/mol. The molecule has 0 radical (unpaired) electrons. The van der Waals surface area contributed by atoms with Crippen molar-refractivity contribution in [1.82, 2.24) is 0 Å². The van der Waals surface area contributed by atoms with Gasteiger partial charge in [-0.2, -0.15) is 0 Å². The average Bonchev–Trinajstić information content (AvgIpc) is 3.20. The summed E-state index contributed by atoms with van der Waals surface area (Å²) in [6, 6.07) is 68.1. The highest BCUT2D eigenvalue weighted by molar-refractivity contribution is 6.96. The Kier molecular flexibility index (Phi) is 6.67. The molecule has 0 bridgehead atoms. The fraction of sp³-hybridized carbons (Fsp3) is 0. The molecule has 9 aromatic rings. The molecule has 50 heavy (non-hydrogen) atoms. The van der Waals surface area contributed by atoms with Crippen molar-refractivity contribution in [2.24, 2.45) is 0 Å². The summed E-state index contributed by atoms with van der Waals surface area (Å²) in [5, 5.41) is 7.68. The van der Waals surface area contributed by atoms with Gasteiger partial charge in [0.15, 0.2) is 0 Å². The third-order valence-electron chi connectivity index (χ3n) is 10.4. The number of fused-ring (bicyclic) bond motifs is 8. The first-order valence-corrected chi connectivity index (χ1v) is 17.3. The zero-order valence-electron chi connectivity index (χ0n) is 27.4. The number of para-hydroxylation sites is 1. The van der Waals surface area contributed by atoms with E-state index in [-0.39, 0.29) is 6.71 Å². The summed E-state index contributed by atoms with van der Waals surface area (Å²) in [5.41, 5.74) is 10.9. The number of benzene rings is 9. The molecule has 0 N–H and O–H groups in total. The maximum absolute atomic E-state index is 6.56. The van der Waals surface area contributed by atoms with Crippen LogP contribution in [0.5, 0.6) is 11.5 Å². The molecule has 0 aliphatic carbocycles. The van der Waals surface area contributed by atoms with Crippen LogP contribution in [0, 0.1) is 0 Å². The fourth-order valence-electron chi connectivity index (χ4n) is 7.97. The van der Waals surface area contributed by atoms with E-state index in [0.717, 1.165) is 17.1 Å². The highest BCUT2D eigenvalue weighted by Gasteiger charge is 2.32. The molecule has 1 heterocycles. The predicted molar refractivity (Wildman–Crippen MR) is 213 cm³/mol. The topological polar surface area (TPSA) is 9.23 Å². The zero-order chi connectivity index (χ0) is 33.0. The normalized spacial score (nSPS) is 12.1. The maximum atomic E-state index is 6.56. The van der Waals surface area contributed by atoms with Crippen LogP contribution in [0.3, 0.4) is 0 Å². The van der Waals surface area contributed by atoms with E-state index in [1.807, 2.05) is 0 Å². The van der Waals surface area contributed by atoms with Crippen molar-refractivity contribution in [1.29, 1.82) is 0 Å². The van der Waals surface area contributed by atoms with Gasteiger partial charge in [0.2, 0.25) is 0 Å². The summed E-state index contributed by atoms with van der Waals surface area (Å²) in [4.78, 5) is 0. The molecule has 0 aromatic heterocycles. The van der Waals surface area contributed by atoms with Crippen molar-refractivity contribution >= 4 is 55.4 Å². The summed E-state index contributed by atoms with van der Waals surface area (Å²) >= 11 is 0. The quantitative estimate of drug-likeness (QED) is 0.138. The zero-order valence-corrected chi connectivity index (χ0v) is 27.4. The van der Waals surface area contributed by atoms with Crippen molar-refractivity contribution < 1.29 is 4.74 Å². The molecular weight excluding hydrogens is 603 g/mol. The van der Waals surface area contributed by atoms with Crippen LogP contribution in [0.2, 0.25) is 0 Å². The lowest BCUT2D eigenvalue weighted by Gasteiger charge is -2.27. The van der Waals surface area contributed by atoms with E-state index in [9.17, 15) is 0 Å². The van der Waals surface area contributed by atoms with Gasteiger partial charge in [0.1, 0.15) is 11.5 Å². The highest BCUT2D eigenvalue weighted by Crippen LogP contribution is 2.39. The van der Waals surface area contributed by atoms with Gasteiger partial charge in [-0.15, -0.1) is 0 Å². The molecule has 0 saturated carbocycles. The van der Waals surface area contributed by atoms with Gasteiger partial charge in [0, 0.05) is 0 Å². The third-order valence-corrected chi connectivity index (χ3v) is 10.4. The van der Waals surface area contributed by atoms with E-state index in [1.54, 1.807) is 0 Å². The van der Waals surface area contributed by atoms with Gasteiger partial charge in [0.05, 0.1) is 0 Å². The van der Waals surface area contributed by atoms with Crippen LogP contribution in [-0.2, 0) is 0 Å². The molecule has 0 spiro atoms. The lowest BCUT2D eigenvalue weighted by Crippen LogP contribution is -2.54. The first kappa shape index (κ1) is 28.6. The summed E-state index contributed by atoms with van der Waals surface area (Å²) < 4.78 is 6.56. The van der Waals surface area contributed by atoms with Crippen LogP contribution in [0.4, 0.5) is 0 Å². The first-order chi connectivity index (χ1) is 24.8. The molecule has 9 aromatic carbocycles. The molecule has 1 aliphatic rings. The molecule has 1 aliphatic heterocycles. The van der Waals surface area contributed by atoms with Crippen LogP contribution >= 0.6 is 0 Å². The van der Waals surface area contributed by atoms with Crippen molar-refractivity contribution in [3.63, 3.8) is 0 Å². The number of hydrogen-bond donors (Lipinski definition) is 0. The minimum absolute atomic E-state index is 0.130. The van der Waals surface area contributed by atoms with Gasteiger partial charge < -0.3 is 4.74 Å². The van der Waals surface area contributed by atoms with Crippen LogP contribution in [0.15, 0.2) is 188 Å². The molecule has 232 valence electrons. The molecule has 2 heteroatoms. The van der Waals surface area contributed by atoms with Crippen molar-refractivity contribution in [3.8, 4) is 44.9 Å². The lowest BCUT2D eigenvalue weighted by molar-refractivity contribution is 0.487. The van der Waals surface area contributed by atoms with Crippen molar-refractivity contribution in [3.05, 3.63) is 188 Å². The first-order valence-electron chi connectivity index (χ1n) is 17.3. The van der Waals surface area contributed by atoms with Gasteiger partial charge in [0.25, 0.3) is 6.71 Å². The van der Waals surface area contributed by atoms with Gasteiger partial charge in [-0.1, -0.05) is 163 Å². The molecular formula is C48H31BO. The number of rotatable bonds is 4. The van der Waals surface area contributed by atoms with Gasteiger partial charge in [-0.05, 0) is 107 Å². The Bertz CT molecular complexity index is 2710. The second kappa shape index (κ2) is 11.6. The molecule has 1 nitrogen and oxygen atoms in total. The second-order valence-corrected chi connectivity index (χ2v) is 13.2. The fourth-order valence-corrected chi connectivity index (χ4v) is 7.97. The Balaban J connectivity index is 1.07. The largest absolute Gasteiger partial charge is 0.458 e. The van der Waals surface area contributed by atoms with Crippen LogP contribution in [-0.4, -0.2) is 6.71 Å². The standard InChI is InChI=1S/C48H31BO/c1-3-12-32(13-4-1)35-22-25-41-42-26-23-36(30-44(42)40-19-8-7-18-39(40)43(41)29-35)33-14-11-15-34(28-33)37-24-27-46-48(31-37)50-47-21-10-9-20-45(47)49(46)38-16-5-2-6-17-38/h1-31H. The van der Waals surface area contributed by atoms with E-state index < -0.39 is 0 Å². The summed E-state index contributed by atoms with van der Waals surface area (Å²) in [5.74, 6) is 1.84. The van der Waals surface area contributed by atoms with Crippen molar-refractivity contribution in [2.75, 3.05) is 0 Å². The summed E-state index contributed by atoms with van der Waals surface area (Å²) in [7, 11) is 0. The highest BCUT2D eigenvalue weighted by atomic mass is 16.5. The molecule has 0 amide bonds. The third kappa shape index (κ3) is 4.72. The van der Waals surface area contributed by atoms with E-state index >= 15 is 0 Å². The lowest BCUT2D eigenvalue weighted by atomic mass is 9.36. The molecule has 0 atom stereocenters. The Morgan fingerprint density at radius 1 is 0.280 bits per heavy atom. The van der Waals surface area contributed by atoms with E-state index in [4.69, 9.17) is 4.74 Å². The Morgan fingerprint density at radius 2 is 0.760 bits per heavy atom. The Hall–Kier alpha value is -6.38. The van der Waals surface area contributed by atoms with Crippen LogP contribution in [0.25, 0.3) is 65.7 Å². The molecule has 0 saturated heterocycles. The van der Waals surface area contributed by atoms with E-state index in [2.05, 4.69) is 188 Å². The predicted octanol–water partition coefficient (Wildman–Crippen LogP) is 10.8. The SMILES string of the molecule is c1ccc(B2c3ccccc3Oc3cc(-c4cccc(-c5ccc6c7ccc(-c8ccccc8)cc7c7ccccc7c6c5)c4)ccc32)cc1. The monoisotopic (exact) mass is 634 g/mol. The Morgan fingerprint density at radius 3 is 1.46 bits per heavy atom. The smallest absolute Gasteiger partial charge is 0.250 e. The van der Waals surface area contributed by atoms with Gasteiger partial charge in [-0.25, -0.2) is 0 Å². The van der Waals surface area contributed by atoms with Gasteiger partial charge >= 0.3 is 0 Å². The molecule has 10 rings (SSSR count). The summed E-state index contributed by atoms with van der Waals surface area (Å²) in [6.45, 7) is 0.130. The van der Waals surface area contributed by atoms with Crippen molar-refractivity contribution in [2.45, 2.75) is 0 Å². The number of ether oxygens (including phenoxy) is 1. The van der Waals surface area contributed by atoms with E-state index in [0.29, 0.717) is 0 Å². The van der Waals surface area contributed by atoms with Gasteiger partial charge in [-0.3, -0.25) is 0 Å².